The average molecular weight is 485 g/mol. The highest BCUT2D eigenvalue weighted by Crippen LogP contribution is 2.30. The number of nitrogens with zero attached hydrogens (tertiary/aromatic N) is 1. The molecule has 0 aliphatic carbocycles. The monoisotopic (exact) mass is 485 g/mol. The molecule has 0 heterocycles. The van der Waals surface area contributed by atoms with Crippen molar-refractivity contribution in [2.75, 3.05) is 39.7 Å². The molecule has 0 atom stereocenters. The largest absolute Gasteiger partial charge is 0.497 e. The van der Waals surface area contributed by atoms with Crippen LogP contribution in [0.4, 0.5) is 5.69 Å². The van der Waals surface area contributed by atoms with Gasteiger partial charge in [-0.05, 0) is 43.2 Å². The molecule has 0 bridgehead atoms. The van der Waals surface area contributed by atoms with Crippen molar-refractivity contribution in [3.8, 4) is 17.2 Å². The molecule has 2 rings (SSSR count). The summed E-state index contributed by atoms with van der Waals surface area (Å²) in [6.07, 6.45) is 0.886. The maximum atomic E-state index is 5.61. The van der Waals surface area contributed by atoms with Gasteiger partial charge in [0.05, 0.1) is 20.8 Å². The van der Waals surface area contributed by atoms with Gasteiger partial charge in [0.1, 0.15) is 5.75 Å². The number of methoxy groups -OCH3 is 2. The number of aliphatic imine (C=N–C) groups is 1. The highest BCUT2D eigenvalue weighted by Gasteiger charge is 2.07. The standard InChI is InChI=1S/C20H27N3O3.HI/c1-5-26-19-14-16(8-11-18(19)25-4)23-20(21-2)22-13-12-15-6-9-17(24-3)10-7-15;/h6-11,14H,5,12-13H2,1-4H3,(H2,21,22,23);1H. The highest BCUT2D eigenvalue weighted by atomic mass is 127. The molecule has 0 fully saturated rings. The van der Waals surface area contributed by atoms with Gasteiger partial charge in [0.15, 0.2) is 17.5 Å². The average Bonchev–Trinajstić information content (AvgIpc) is 2.68. The van der Waals surface area contributed by atoms with Crippen LogP contribution >= 0.6 is 24.0 Å². The Balaban J connectivity index is 0.00000364. The quantitative estimate of drug-likeness (QED) is 0.337. The molecule has 2 aromatic carbocycles. The Morgan fingerprint density at radius 2 is 1.74 bits per heavy atom. The first-order chi connectivity index (χ1) is 12.7. The zero-order chi connectivity index (χ0) is 18.8. The van der Waals surface area contributed by atoms with Gasteiger partial charge in [-0.25, -0.2) is 0 Å². The van der Waals surface area contributed by atoms with Crippen LogP contribution in [-0.4, -0.2) is 40.4 Å². The van der Waals surface area contributed by atoms with Crippen molar-refractivity contribution in [1.82, 2.24) is 5.32 Å². The lowest BCUT2D eigenvalue weighted by atomic mass is 10.1. The molecule has 2 aromatic rings. The summed E-state index contributed by atoms with van der Waals surface area (Å²) in [7, 11) is 5.04. The predicted octanol–water partition coefficient (Wildman–Crippen LogP) is 3.95. The molecule has 0 aliphatic rings. The molecule has 0 aliphatic heterocycles. The Hall–Kier alpha value is -2.16. The number of ether oxygens (including phenoxy) is 3. The van der Waals surface area contributed by atoms with Crippen LogP contribution in [0.1, 0.15) is 12.5 Å². The maximum absolute atomic E-state index is 5.61. The van der Waals surface area contributed by atoms with Crippen LogP contribution in [0, 0.1) is 0 Å². The number of hydrogen-bond acceptors (Lipinski definition) is 4. The fourth-order valence-corrected chi connectivity index (χ4v) is 2.46. The van der Waals surface area contributed by atoms with E-state index in [2.05, 4.69) is 27.8 Å². The predicted molar refractivity (Wildman–Crippen MR) is 121 cm³/mol. The number of hydrogen-bond donors (Lipinski definition) is 2. The van der Waals surface area contributed by atoms with Gasteiger partial charge in [0.25, 0.3) is 0 Å². The van der Waals surface area contributed by atoms with E-state index >= 15 is 0 Å². The van der Waals surface area contributed by atoms with E-state index in [1.54, 1.807) is 21.3 Å². The van der Waals surface area contributed by atoms with Crippen LogP contribution in [0.2, 0.25) is 0 Å². The van der Waals surface area contributed by atoms with Crippen LogP contribution in [0.3, 0.4) is 0 Å². The zero-order valence-electron chi connectivity index (χ0n) is 16.2. The molecular weight excluding hydrogens is 457 g/mol. The third-order valence-corrected chi connectivity index (χ3v) is 3.81. The van der Waals surface area contributed by atoms with Crippen molar-refractivity contribution in [1.29, 1.82) is 0 Å². The molecule has 0 saturated carbocycles. The van der Waals surface area contributed by atoms with E-state index in [1.165, 1.54) is 5.56 Å². The van der Waals surface area contributed by atoms with E-state index < -0.39 is 0 Å². The van der Waals surface area contributed by atoms with Crippen molar-refractivity contribution < 1.29 is 14.2 Å². The first-order valence-corrected chi connectivity index (χ1v) is 8.61. The molecule has 27 heavy (non-hydrogen) atoms. The van der Waals surface area contributed by atoms with E-state index in [9.17, 15) is 0 Å². The first kappa shape index (κ1) is 22.9. The van der Waals surface area contributed by atoms with Gasteiger partial charge >= 0.3 is 0 Å². The maximum Gasteiger partial charge on any atom is 0.195 e. The Morgan fingerprint density at radius 1 is 1.00 bits per heavy atom. The number of nitrogens with one attached hydrogen (secondary N) is 2. The smallest absolute Gasteiger partial charge is 0.195 e. The van der Waals surface area contributed by atoms with Gasteiger partial charge in [-0.3, -0.25) is 4.99 Å². The second-order valence-corrected chi connectivity index (χ2v) is 5.52. The van der Waals surface area contributed by atoms with Gasteiger partial charge in [-0.1, -0.05) is 12.1 Å². The van der Waals surface area contributed by atoms with E-state index in [0.29, 0.717) is 24.1 Å². The molecule has 2 N–H and O–H groups in total. The summed E-state index contributed by atoms with van der Waals surface area (Å²) in [5, 5.41) is 6.58. The molecule has 148 valence electrons. The van der Waals surface area contributed by atoms with Crippen LogP contribution in [-0.2, 0) is 6.42 Å². The van der Waals surface area contributed by atoms with E-state index in [4.69, 9.17) is 14.2 Å². The molecule has 0 radical (unpaired) electrons. The minimum Gasteiger partial charge on any atom is -0.497 e. The summed E-state index contributed by atoms with van der Waals surface area (Å²) in [6.45, 7) is 3.29. The van der Waals surface area contributed by atoms with Gasteiger partial charge in [0.2, 0.25) is 0 Å². The lowest BCUT2D eigenvalue weighted by Crippen LogP contribution is -2.32. The third-order valence-electron chi connectivity index (χ3n) is 3.81. The van der Waals surface area contributed by atoms with Gasteiger partial charge in [-0.2, -0.15) is 0 Å². The SMILES string of the molecule is CCOc1cc(NC(=NC)NCCc2ccc(OC)cc2)ccc1OC.I. The second kappa shape index (κ2) is 12.3. The lowest BCUT2D eigenvalue weighted by molar-refractivity contribution is 0.311. The van der Waals surface area contributed by atoms with Gasteiger partial charge in [0, 0.05) is 25.3 Å². The van der Waals surface area contributed by atoms with Crippen molar-refractivity contribution in [2.45, 2.75) is 13.3 Å². The Morgan fingerprint density at radius 3 is 2.33 bits per heavy atom. The fraction of sp³-hybridized carbons (Fsp3) is 0.350. The minimum atomic E-state index is 0. The van der Waals surface area contributed by atoms with Crippen LogP contribution in [0.25, 0.3) is 0 Å². The summed E-state index contributed by atoms with van der Waals surface area (Å²) in [6, 6.07) is 13.8. The van der Waals surface area contributed by atoms with Gasteiger partial charge < -0.3 is 24.8 Å². The van der Waals surface area contributed by atoms with Crippen molar-refractivity contribution >= 4 is 35.6 Å². The Kier molecular flexibility index (Phi) is 10.4. The van der Waals surface area contributed by atoms with Crippen LogP contribution < -0.4 is 24.8 Å². The molecule has 0 spiro atoms. The summed E-state index contributed by atoms with van der Waals surface area (Å²) < 4.78 is 16.1. The molecule has 0 unspecified atom stereocenters. The lowest BCUT2D eigenvalue weighted by Gasteiger charge is -2.14. The topological polar surface area (TPSA) is 64.1 Å². The van der Waals surface area contributed by atoms with Crippen molar-refractivity contribution in [3.05, 3.63) is 48.0 Å². The zero-order valence-corrected chi connectivity index (χ0v) is 18.6. The summed E-state index contributed by atoms with van der Waals surface area (Å²) >= 11 is 0. The molecular formula is C20H28IN3O3. The number of rotatable bonds is 8. The fourth-order valence-electron chi connectivity index (χ4n) is 2.46. The van der Waals surface area contributed by atoms with E-state index in [0.717, 1.165) is 24.4 Å². The van der Waals surface area contributed by atoms with Gasteiger partial charge in [-0.15, -0.1) is 24.0 Å². The number of halogens is 1. The van der Waals surface area contributed by atoms with E-state index in [1.807, 2.05) is 37.3 Å². The normalized spacial score (nSPS) is 10.6. The Labute approximate surface area is 178 Å². The molecule has 6 nitrogen and oxygen atoms in total. The van der Waals surface area contributed by atoms with E-state index in [-0.39, 0.29) is 24.0 Å². The number of guanidine groups is 1. The molecule has 0 amide bonds. The summed E-state index contributed by atoms with van der Waals surface area (Å²) in [4.78, 5) is 4.26. The molecule has 0 aromatic heterocycles. The van der Waals surface area contributed by atoms with Crippen LogP contribution in [0.15, 0.2) is 47.5 Å². The van der Waals surface area contributed by atoms with Crippen molar-refractivity contribution in [3.63, 3.8) is 0 Å². The highest BCUT2D eigenvalue weighted by molar-refractivity contribution is 14.0. The van der Waals surface area contributed by atoms with Crippen molar-refractivity contribution in [2.24, 2.45) is 4.99 Å². The summed E-state index contributed by atoms with van der Waals surface area (Å²) in [5.41, 5.74) is 2.11. The molecule has 7 heteroatoms. The van der Waals surface area contributed by atoms with Crippen LogP contribution in [0.5, 0.6) is 17.2 Å². The molecule has 0 saturated heterocycles. The number of anilines is 1. The Bertz CT molecular complexity index is 721. The summed E-state index contributed by atoms with van der Waals surface area (Å²) in [5.74, 6) is 2.98. The number of benzene rings is 2. The second-order valence-electron chi connectivity index (χ2n) is 5.52. The minimum absolute atomic E-state index is 0. The first-order valence-electron chi connectivity index (χ1n) is 8.61. The third kappa shape index (κ3) is 7.16.